The molecule has 0 aliphatic carbocycles. The number of hydrogen-bond donors (Lipinski definition) is 2. The Morgan fingerprint density at radius 2 is 1.10 bits per heavy atom. The van der Waals surface area contributed by atoms with E-state index in [2.05, 4.69) is 25.5 Å². The Hall–Kier alpha value is -1.96. The number of rotatable bonds is 26. The molecule has 39 heavy (non-hydrogen) atoms. The van der Waals surface area contributed by atoms with E-state index in [1.54, 1.807) is 0 Å². The molecule has 228 valence electrons. The predicted molar refractivity (Wildman–Crippen MR) is 152 cm³/mol. The van der Waals surface area contributed by atoms with Gasteiger partial charge in [0.05, 0.1) is 19.4 Å². The molecule has 1 atom stereocenters. The summed E-state index contributed by atoms with van der Waals surface area (Å²) in [5.74, 6) is -3.77. The lowest BCUT2D eigenvalue weighted by Gasteiger charge is -2.21. The number of aliphatic hydroxyl groups is 1. The maximum Gasteiger partial charge on any atom is 0.336 e. The van der Waals surface area contributed by atoms with Gasteiger partial charge in [0, 0.05) is 6.42 Å². The van der Waals surface area contributed by atoms with Gasteiger partial charge < -0.3 is 19.7 Å². The summed E-state index contributed by atoms with van der Waals surface area (Å²) >= 11 is 0. The van der Waals surface area contributed by atoms with Crippen molar-refractivity contribution in [1.82, 2.24) is 0 Å². The van der Waals surface area contributed by atoms with E-state index < -0.39 is 42.3 Å². The molecule has 0 fully saturated rings. The number of hydrogen-bond acceptors (Lipinski definition) is 7. The van der Waals surface area contributed by atoms with Gasteiger partial charge in [-0.15, -0.1) is 0 Å². The van der Waals surface area contributed by atoms with Crippen LogP contribution in [0, 0.1) is 5.92 Å². The summed E-state index contributed by atoms with van der Waals surface area (Å²) in [7, 11) is 0. The van der Waals surface area contributed by atoms with Crippen molar-refractivity contribution in [3.63, 3.8) is 0 Å². The Labute approximate surface area is 236 Å². The van der Waals surface area contributed by atoms with E-state index in [1.807, 2.05) is 0 Å². The minimum absolute atomic E-state index is 0.0433. The van der Waals surface area contributed by atoms with Crippen LogP contribution in [-0.2, 0) is 28.7 Å². The number of ether oxygens (including phenoxy) is 2. The summed E-state index contributed by atoms with van der Waals surface area (Å²) in [6.07, 6.45) is 18.2. The molecule has 0 aliphatic rings. The van der Waals surface area contributed by atoms with E-state index in [1.165, 1.54) is 57.8 Å². The fourth-order valence-electron chi connectivity index (χ4n) is 4.44. The van der Waals surface area contributed by atoms with E-state index in [9.17, 15) is 29.4 Å². The SMILES string of the molecule is CCCCCCCC(=O)OC(=O)CC(O)(CC(=O)OCCCCCCCCCCCCCCC(C)C)C(=O)O. The van der Waals surface area contributed by atoms with Crippen molar-refractivity contribution in [2.24, 2.45) is 5.92 Å². The van der Waals surface area contributed by atoms with Gasteiger partial charge in [0.15, 0.2) is 5.60 Å². The summed E-state index contributed by atoms with van der Waals surface area (Å²) in [5.41, 5.74) is -2.68. The minimum atomic E-state index is -2.68. The first-order chi connectivity index (χ1) is 18.6. The Bertz CT molecular complexity index is 676. The van der Waals surface area contributed by atoms with Crippen LogP contribution in [0.5, 0.6) is 0 Å². The maximum absolute atomic E-state index is 12.1. The topological polar surface area (TPSA) is 127 Å². The van der Waals surface area contributed by atoms with Gasteiger partial charge in [0.2, 0.25) is 0 Å². The number of carboxylic acid groups (broad SMARTS) is 1. The van der Waals surface area contributed by atoms with Crippen molar-refractivity contribution in [1.29, 1.82) is 0 Å². The number of aliphatic carboxylic acids is 1. The molecule has 0 aromatic heterocycles. The molecule has 0 radical (unpaired) electrons. The quantitative estimate of drug-likeness (QED) is 0.0646. The van der Waals surface area contributed by atoms with Crippen molar-refractivity contribution < 1.29 is 38.9 Å². The van der Waals surface area contributed by atoms with Gasteiger partial charge >= 0.3 is 23.9 Å². The summed E-state index contributed by atoms with van der Waals surface area (Å²) < 4.78 is 9.69. The Morgan fingerprint density at radius 1 is 0.641 bits per heavy atom. The summed E-state index contributed by atoms with van der Waals surface area (Å²) in [4.78, 5) is 47.4. The van der Waals surface area contributed by atoms with Gasteiger partial charge in [-0.3, -0.25) is 14.4 Å². The Kier molecular flexibility index (Phi) is 22.7. The van der Waals surface area contributed by atoms with Gasteiger partial charge in [-0.2, -0.15) is 0 Å². The van der Waals surface area contributed by atoms with Gasteiger partial charge in [-0.05, 0) is 18.8 Å². The molecule has 0 rings (SSSR count). The number of esters is 3. The van der Waals surface area contributed by atoms with Crippen LogP contribution < -0.4 is 0 Å². The van der Waals surface area contributed by atoms with Crippen LogP contribution in [0.1, 0.15) is 156 Å². The van der Waals surface area contributed by atoms with Crippen LogP contribution >= 0.6 is 0 Å². The van der Waals surface area contributed by atoms with Crippen molar-refractivity contribution >= 4 is 23.9 Å². The van der Waals surface area contributed by atoms with Crippen LogP contribution in [0.15, 0.2) is 0 Å². The van der Waals surface area contributed by atoms with Crippen LogP contribution in [0.25, 0.3) is 0 Å². The fourth-order valence-corrected chi connectivity index (χ4v) is 4.44. The summed E-state index contributed by atoms with van der Waals surface area (Å²) in [6, 6.07) is 0. The van der Waals surface area contributed by atoms with Crippen molar-refractivity contribution in [3.8, 4) is 0 Å². The smallest absolute Gasteiger partial charge is 0.336 e. The fraction of sp³-hybridized carbons (Fsp3) is 0.871. The molecule has 0 aromatic rings. The van der Waals surface area contributed by atoms with Crippen LogP contribution in [0.3, 0.4) is 0 Å². The van der Waals surface area contributed by atoms with E-state index >= 15 is 0 Å². The largest absolute Gasteiger partial charge is 0.479 e. The van der Waals surface area contributed by atoms with Gasteiger partial charge in [0.25, 0.3) is 0 Å². The highest BCUT2D eigenvalue weighted by Crippen LogP contribution is 2.19. The second-order valence-electron chi connectivity index (χ2n) is 11.3. The minimum Gasteiger partial charge on any atom is -0.479 e. The normalized spacial score (nSPS) is 12.7. The third-order valence-corrected chi connectivity index (χ3v) is 6.92. The molecule has 0 amide bonds. The first-order valence-electron chi connectivity index (χ1n) is 15.5. The molecule has 0 heterocycles. The van der Waals surface area contributed by atoms with Crippen molar-refractivity contribution in [2.45, 2.75) is 161 Å². The first kappa shape index (κ1) is 37.0. The first-order valence-corrected chi connectivity index (χ1v) is 15.5. The highest BCUT2D eigenvalue weighted by atomic mass is 16.6. The Morgan fingerprint density at radius 3 is 1.62 bits per heavy atom. The van der Waals surface area contributed by atoms with Crippen LogP contribution in [-0.4, -0.2) is 46.3 Å². The lowest BCUT2D eigenvalue weighted by Crippen LogP contribution is -2.43. The molecule has 2 N–H and O–H groups in total. The van der Waals surface area contributed by atoms with Crippen molar-refractivity contribution in [2.75, 3.05) is 6.61 Å². The molecule has 8 nitrogen and oxygen atoms in total. The Balaban J connectivity index is 3.92. The monoisotopic (exact) mass is 556 g/mol. The second-order valence-corrected chi connectivity index (χ2v) is 11.3. The number of carbonyl (C=O) groups excluding carboxylic acids is 3. The lowest BCUT2D eigenvalue weighted by molar-refractivity contribution is -0.175. The molecular formula is C31H56O8. The third-order valence-electron chi connectivity index (χ3n) is 6.92. The second kappa shape index (κ2) is 23.9. The highest BCUT2D eigenvalue weighted by Gasteiger charge is 2.42. The van der Waals surface area contributed by atoms with Gasteiger partial charge in [-0.1, -0.05) is 124 Å². The zero-order valence-electron chi connectivity index (χ0n) is 25.0. The zero-order chi connectivity index (χ0) is 29.4. The molecule has 8 heteroatoms. The van der Waals surface area contributed by atoms with E-state index in [-0.39, 0.29) is 13.0 Å². The number of carboxylic acids is 1. The van der Waals surface area contributed by atoms with Crippen LogP contribution in [0.4, 0.5) is 0 Å². The molecule has 0 spiro atoms. The predicted octanol–water partition coefficient (Wildman–Crippen LogP) is 7.28. The van der Waals surface area contributed by atoms with Gasteiger partial charge in [0.1, 0.15) is 0 Å². The zero-order valence-corrected chi connectivity index (χ0v) is 25.0. The maximum atomic E-state index is 12.1. The molecule has 1 unspecified atom stereocenters. The summed E-state index contributed by atoms with van der Waals surface area (Å²) in [6.45, 7) is 6.76. The van der Waals surface area contributed by atoms with E-state index in [4.69, 9.17) is 4.74 Å². The standard InChI is InChI=1S/C31H56O8/c1-4-5-6-15-19-22-27(32)39-29(34)25-31(37,30(35)36)24-28(33)38-23-20-17-14-12-10-8-7-9-11-13-16-18-21-26(2)3/h26,37H,4-25H2,1-3H3,(H,35,36). The average molecular weight is 557 g/mol. The average Bonchev–Trinajstić information content (AvgIpc) is 2.85. The molecule has 0 saturated carbocycles. The molecule has 0 bridgehead atoms. The molecular weight excluding hydrogens is 500 g/mol. The number of unbranched alkanes of at least 4 members (excludes halogenated alkanes) is 15. The molecule has 0 aliphatic heterocycles. The van der Waals surface area contributed by atoms with E-state index in [0.717, 1.165) is 50.9 Å². The lowest BCUT2D eigenvalue weighted by atomic mass is 9.96. The number of carbonyl (C=O) groups is 4. The van der Waals surface area contributed by atoms with Crippen LogP contribution in [0.2, 0.25) is 0 Å². The summed E-state index contributed by atoms with van der Waals surface area (Å²) in [5, 5.41) is 19.7. The highest BCUT2D eigenvalue weighted by molar-refractivity contribution is 5.92. The third kappa shape index (κ3) is 22.5. The van der Waals surface area contributed by atoms with Crippen molar-refractivity contribution in [3.05, 3.63) is 0 Å². The molecule has 0 saturated heterocycles. The van der Waals surface area contributed by atoms with E-state index in [0.29, 0.717) is 12.8 Å². The van der Waals surface area contributed by atoms with Gasteiger partial charge in [-0.25, -0.2) is 4.79 Å². The molecule has 0 aromatic carbocycles.